The maximum Gasteiger partial charge on any atom is 0.279 e. The van der Waals surface area contributed by atoms with Crippen molar-refractivity contribution in [3.63, 3.8) is 0 Å². The molecule has 1 N–H and O–H groups in total. The zero-order valence-corrected chi connectivity index (χ0v) is 14.3. The number of anilines is 2. The van der Waals surface area contributed by atoms with E-state index in [1.165, 1.54) is 16.9 Å². The van der Waals surface area contributed by atoms with Crippen LogP contribution in [0.4, 0.5) is 10.8 Å². The molecule has 0 aliphatic carbocycles. The molecule has 0 spiro atoms. The zero-order chi connectivity index (χ0) is 17.2. The van der Waals surface area contributed by atoms with Gasteiger partial charge < -0.3 is 4.90 Å². The van der Waals surface area contributed by atoms with Crippen LogP contribution in [-0.4, -0.2) is 21.8 Å². The molecule has 1 amide bonds. The second-order valence-corrected chi connectivity index (χ2v) is 6.54. The largest absolute Gasteiger partial charge is 0.302 e. The van der Waals surface area contributed by atoms with Gasteiger partial charge in [0.25, 0.3) is 5.91 Å². The molecule has 0 saturated carbocycles. The Labute approximate surface area is 148 Å². The molecule has 0 fully saturated rings. The predicted molar refractivity (Wildman–Crippen MR) is 98.9 cm³/mol. The van der Waals surface area contributed by atoms with Crippen molar-refractivity contribution in [2.75, 3.05) is 10.3 Å². The number of carbonyl (C=O) groups is 1. The first kappa shape index (κ1) is 15.5. The second kappa shape index (κ2) is 6.45. The minimum absolute atomic E-state index is 0.126. The molecule has 0 radical (unpaired) electrons. The van der Waals surface area contributed by atoms with Gasteiger partial charge in [-0.15, -0.1) is 10.2 Å². The normalized spacial score (nSPS) is 14.8. The quantitative estimate of drug-likeness (QED) is 0.734. The van der Waals surface area contributed by atoms with Crippen molar-refractivity contribution in [1.29, 1.82) is 0 Å². The first-order chi connectivity index (χ1) is 12.2. The van der Waals surface area contributed by atoms with Gasteiger partial charge in [-0.3, -0.25) is 10.2 Å². The number of hydrogen-bond donors (Lipinski definition) is 1. The molecule has 1 aliphatic rings. The Balaban J connectivity index is 1.66. The smallest absolute Gasteiger partial charge is 0.279 e. The number of aromatic nitrogens is 2. The van der Waals surface area contributed by atoms with Gasteiger partial charge >= 0.3 is 0 Å². The van der Waals surface area contributed by atoms with Crippen molar-refractivity contribution in [2.24, 2.45) is 5.10 Å². The van der Waals surface area contributed by atoms with Crippen molar-refractivity contribution >= 4 is 33.8 Å². The van der Waals surface area contributed by atoms with Crippen molar-refractivity contribution in [2.45, 2.75) is 13.5 Å². The number of fused-ring (bicyclic) bond motifs is 1. The molecule has 1 aromatic heterocycles. The van der Waals surface area contributed by atoms with E-state index in [0.29, 0.717) is 17.4 Å². The number of aryl methyl sites for hydroxylation is 1. The highest BCUT2D eigenvalue weighted by Gasteiger charge is 2.33. The number of carbonyl (C=O) groups excluding carboxylic acids is 1. The Morgan fingerprint density at radius 3 is 2.72 bits per heavy atom. The number of benzene rings is 2. The fourth-order valence-electron chi connectivity index (χ4n) is 2.73. The molecule has 3 aromatic rings. The third-order valence-electron chi connectivity index (χ3n) is 3.98. The Morgan fingerprint density at radius 2 is 1.96 bits per heavy atom. The van der Waals surface area contributed by atoms with Crippen LogP contribution in [0.2, 0.25) is 0 Å². The molecule has 25 heavy (non-hydrogen) atoms. The van der Waals surface area contributed by atoms with Crippen LogP contribution >= 0.6 is 11.3 Å². The Hall–Kier alpha value is -3.06. The van der Waals surface area contributed by atoms with Crippen molar-refractivity contribution in [1.82, 2.24) is 10.2 Å². The molecule has 7 heteroatoms. The molecule has 2 heterocycles. The van der Waals surface area contributed by atoms with Crippen LogP contribution in [0.1, 0.15) is 16.7 Å². The van der Waals surface area contributed by atoms with Gasteiger partial charge in [-0.05, 0) is 18.6 Å². The van der Waals surface area contributed by atoms with E-state index < -0.39 is 0 Å². The maximum atomic E-state index is 12.9. The number of hydrogen-bond acceptors (Lipinski definition) is 6. The summed E-state index contributed by atoms with van der Waals surface area (Å²) in [7, 11) is 0. The third kappa shape index (κ3) is 3.01. The van der Waals surface area contributed by atoms with E-state index in [0.717, 1.165) is 16.8 Å². The van der Waals surface area contributed by atoms with E-state index in [4.69, 9.17) is 0 Å². The highest BCUT2D eigenvalue weighted by atomic mass is 32.1. The van der Waals surface area contributed by atoms with Gasteiger partial charge in [0.05, 0.1) is 12.2 Å². The van der Waals surface area contributed by atoms with E-state index in [9.17, 15) is 4.79 Å². The molecule has 1 aliphatic heterocycles. The number of para-hydroxylation sites is 1. The summed E-state index contributed by atoms with van der Waals surface area (Å²) < 4.78 is 0. The molecular formula is C18H15N5OS. The van der Waals surface area contributed by atoms with Gasteiger partial charge in [0, 0.05) is 5.56 Å². The van der Waals surface area contributed by atoms with Crippen LogP contribution in [-0.2, 0) is 11.3 Å². The summed E-state index contributed by atoms with van der Waals surface area (Å²) in [6.07, 6.45) is 0. The number of hydrazone groups is 1. The zero-order valence-electron chi connectivity index (χ0n) is 13.5. The lowest BCUT2D eigenvalue weighted by Gasteiger charge is -2.17. The lowest BCUT2D eigenvalue weighted by Crippen LogP contribution is -2.30. The van der Waals surface area contributed by atoms with Crippen molar-refractivity contribution in [3.05, 3.63) is 70.7 Å². The van der Waals surface area contributed by atoms with E-state index in [-0.39, 0.29) is 5.91 Å². The molecule has 4 rings (SSSR count). The first-order valence-corrected chi connectivity index (χ1v) is 8.67. The topological polar surface area (TPSA) is 70.5 Å². The molecule has 0 saturated heterocycles. The van der Waals surface area contributed by atoms with Gasteiger partial charge in [-0.2, -0.15) is 5.10 Å². The summed E-state index contributed by atoms with van der Waals surface area (Å²) in [6.45, 7) is 2.55. The molecular weight excluding hydrogens is 334 g/mol. The monoisotopic (exact) mass is 349 g/mol. The highest BCUT2D eigenvalue weighted by molar-refractivity contribution is 7.13. The van der Waals surface area contributed by atoms with E-state index in [1.807, 2.05) is 55.5 Å². The Kier molecular flexibility index (Phi) is 3.99. The molecule has 2 aromatic carbocycles. The summed E-state index contributed by atoms with van der Waals surface area (Å²) in [4.78, 5) is 14.7. The number of nitrogens with zero attached hydrogens (tertiary/aromatic N) is 4. The van der Waals surface area contributed by atoms with Gasteiger partial charge in [-0.1, -0.05) is 59.4 Å². The lowest BCUT2D eigenvalue weighted by molar-refractivity contribution is -0.112. The van der Waals surface area contributed by atoms with Crippen molar-refractivity contribution in [3.8, 4) is 0 Å². The first-order valence-electron chi connectivity index (χ1n) is 7.79. The fourth-order valence-corrected chi connectivity index (χ4v) is 3.12. The summed E-state index contributed by atoms with van der Waals surface area (Å²) in [6, 6.07) is 15.9. The molecule has 0 unspecified atom stereocenters. The van der Waals surface area contributed by atoms with Gasteiger partial charge in [0.15, 0.2) is 5.71 Å². The van der Waals surface area contributed by atoms with Crippen LogP contribution in [0, 0.1) is 6.92 Å². The maximum absolute atomic E-state index is 12.9. The van der Waals surface area contributed by atoms with E-state index >= 15 is 0 Å². The number of nitrogens with one attached hydrogen (secondary N) is 1. The summed E-state index contributed by atoms with van der Waals surface area (Å²) >= 11 is 1.33. The summed E-state index contributed by atoms with van der Waals surface area (Å²) in [5.74, 6) is -0.126. The number of amides is 1. The average molecular weight is 349 g/mol. The van der Waals surface area contributed by atoms with Crippen LogP contribution in [0.15, 0.2) is 59.1 Å². The Morgan fingerprint density at radius 1 is 1.16 bits per heavy atom. The van der Waals surface area contributed by atoms with Crippen molar-refractivity contribution < 1.29 is 4.79 Å². The van der Waals surface area contributed by atoms with Gasteiger partial charge in [-0.25, -0.2) is 0 Å². The summed E-state index contributed by atoms with van der Waals surface area (Å²) in [5.41, 5.74) is 8.76. The van der Waals surface area contributed by atoms with Gasteiger partial charge in [0.2, 0.25) is 5.13 Å². The molecule has 6 nitrogen and oxygen atoms in total. The van der Waals surface area contributed by atoms with Crippen LogP contribution < -0.4 is 10.3 Å². The minimum Gasteiger partial charge on any atom is -0.302 e. The highest BCUT2D eigenvalue weighted by Crippen LogP contribution is 2.30. The molecule has 0 atom stereocenters. The summed E-state index contributed by atoms with van der Waals surface area (Å²) in [5, 5.41) is 12.5. The second-order valence-electron chi connectivity index (χ2n) is 5.71. The standard InChI is InChI=1S/C18H15N5OS/c1-12-6-8-13(9-7-12)10-23-15-5-3-2-4-14(15)16(17(23)24)20-22-18-21-19-11-25-18/h2-9,11H,10H2,1H3,(H,21,22). The minimum atomic E-state index is -0.126. The SMILES string of the molecule is Cc1ccc(CN2C(=O)C(=NNc3nncs3)c3ccccc32)cc1. The van der Waals surface area contributed by atoms with Gasteiger partial charge in [0.1, 0.15) is 5.51 Å². The Bertz CT molecular complexity index is 934. The number of rotatable bonds is 4. The van der Waals surface area contributed by atoms with Crippen LogP contribution in [0.5, 0.6) is 0 Å². The third-order valence-corrected chi connectivity index (χ3v) is 4.58. The van der Waals surface area contributed by atoms with E-state index in [1.54, 1.807) is 10.4 Å². The van der Waals surface area contributed by atoms with E-state index in [2.05, 4.69) is 20.7 Å². The van der Waals surface area contributed by atoms with Crippen LogP contribution in [0.3, 0.4) is 0 Å². The average Bonchev–Trinajstić information content (AvgIpc) is 3.23. The molecule has 0 bridgehead atoms. The fraction of sp³-hybridized carbons (Fsp3) is 0.111. The predicted octanol–water partition coefficient (Wildman–Crippen LogP) is 3.21. The lowest BCUT2D eigenvalue weighted by atomic mass is 10.1. The van der Waals surface area contributed by atoms with Crippen LogP contribution in [0.25, 0.3) is 0 Å². The molecule has 124 valence electrons.